The highest BCUT2D eigenvalue weighted by Gasteiger charge is 2.32. The zero-order valence-electron chi connectivity index (χ0n) is 19.5. The quantitative estimate of drug-likeness (QED) is 0.232. The van der Waals surface area contributed by atoms with Gasteiger partial charge in [0.25, 0.3) is 5.56 Å². The van der Waals surface area contributed by atoms with Gasteiger partial charge in [0.15, 0.2) is 5.16 Å². The van der Waals surface area contributed by atoms with E-state index < -0.39 is 0 Å². The molecule has 2 aromatic carbocycles. The Bertz CT molecular complexity index is 1320. The zero-order chi connectivity index (χ0) is 23.0. The molecule has 1 aliphatic carbocycles. The van der Waals surface area contributed by atoms with Crippen LogP contribution in [-0.2, 0) is 19.3 Å². The molecule has 0 fully saturated rings. The van der Waals surface area contributed by atoms with Crippen LogP contribution >= 0.6 is 23.1 Å². The van der Waals surface area contributed by atoms with Crippen molar-refractivity contribution in [3.63, 3.8) is 0 Å². The van der Waals surface area contributed by atoms with Crippen molar-refractivity contribution < 1.29 is 0 Å². The lowest BCUT2D eigenvalue weighted by Gasteiger charge is -2.33. The molecule has 33 heavy (non-hydrogen) atoms. The Morgan fingerprint density at radius 3 is 2.45 bits per heavy atom. The topological polar surface area (TPSA) is 34.9 Å². The Labute approximate surface area is 203 Å². The average Bonchev–Trinajstić information content (AvgIpc) is 3.18. The molecule has 1 aliphatic rings. The molecule has 0 amide bonds. The number of benzene rings is 2. The standard InChI is InChI=1S/C28H30N2OS2/c1-28(2,3)20-14-15-22-23(18-20)33-25-24(22)26(31)30(21-12-8-5-9-13-21)27(29-25)32-17-16-19-10-6-4-7-11-19/h4-13,20H,14-18H2,1-3H3. The Hall–Kier alpha value is -2.37. The fourth-order valence-electron chi connectivity index (χ4n) is 4.75. The molecule has 2 aromatic heterocycles. The Balaban J connectivity index is 1.56. The second-order valence-corrected chi connectivity index (χ2v) is 12.1. The van der Waals surface area contributed by atoms with E-state index in [1.165, 1.54) is 16.0 Å². The highest BCUT2D eigenvalue weighted by atomic mass is 32.2. The number of aromatic nitrogens is 2. The molecule has 0 radical (unpaired) electrons. The number of nitrogens with zero attached hydrogens (tertiary/aromatic N) is 2. The summed E-state index contributed by atoms with van der Waals surface area (Å²) in [6.07, 6.45) is 4.12. The van der Waals surface area contributed by atoms with Crippen LogP contribution in [0.3, 0.4) is 0 Å². The summed E-state index contributed by atoms with van der Waals surface area (Å²) in [4.78, 5) is 21.3. The molecule has 5 heteroatoms. The van der Waals surface area contributed by atoms with Crippen molar-refractivity contribution in [1.29, 1.82) is 0 Å². The molecule has 0 N–H and O–H groups in total. The molecule has 5 rings (SSSR count). The zero-order valence-corrected chi connectivity index (χ0v) is 21.1. The van der Waals surface area contributed by atoms with Crippen LogP contribution in [0.1, 0.15) is 43.2 Å². The molecular weight excluding hydrogens is 444 g/mol. The minimum absolute atomic E-state index is 0.0834. The highest BCUT2D eigenvalue weighted by Crippen LogP contribution is 2.42. The summed E-state index contributed by atoms with van der Waals surface area (Å²) in [6.45, 7) is 6.99. The molecule has 0 saturated carbocycles. The number of para-hydroxylation sites is 1. The first-order chi connectivity index (χ1) is 15.9. The predicted molar refractivity (Wildman–Crippen MR) is 141 cm³/mol. The minimum Gasteiger partial charge on any atom is -0.268 e. The maximum absolute atomic E-state index is 13.9. The van der Waals surface area contributed by atoms with E-state index in [1.54, 1.807) is 23.1 Å². The maximum atomic E-state index is 13.9. The molecule has 4 aromatic rings. The Morgan fingerprint density at radius 2 is 1.76 bits per heavy atom. The normalized spacial score (nSPS) is 16.2. The summed E-state index contributed by atoms with van der Waals surface area (Å²) < 4.78 is 1.83. The van der Waals surface area contributed by atoms with Gasteiger partial charge in [0, 0.05) is 10.6 Å². The number of fused-ring (bicyclic) bond motifs is 3. The van der Waals surface area contributed by atoms with Crippen LogP contribution in [0.15, 0.2) is 70.6 Å². The van der Waals surface area contributed by atoms with E-state index in [0.717, 1.165) is 52.5 Å². The van der Waals surface area contributed by atoms with Gasteiger partial charge in [-0.25, -0.2) is 4.98 Å². The average molecular weight is 475 g/mol. The number of thioether (sulfide) groups is 1. The second kappa shape index (κ2) is 9.11. The van der Waals surface area contributed by atoms with Crippen LogP contribution in [0.5, 0.6) is 0 Å². The van der Waals surface area contributed by atoms with Crippen LogP contribution in [0.25, 0.3) is 15.9 Å². The SMILES string of the molecule is CC(C)(C)C1CCc2c(sc3nc(SCCc4ccccc4)n(-c4ccccc4)c(=O)c23)C1. The van der Waals surface area contributed by atoms with Crippen molar-refractivity contribution in [3.05, 3.63) is 87.0 Å². The van der Waals surface area contributed by atoms with Gasteiger partial charge in [-0.2, -0.15) is 0 Å². The summed E-state index contributed by atoms with van der Waals surface area (Å²) in [6, 6.07) is 20.5. The molecule has 0 spiro atoms. The van der Waals surface area contributed by atoms with Gasteiger partial charge >= 0.3 is 0 Å². The number of hydrogen-bond donors (Lipinski definition) is 0. The molecule has 0 aliphatic heterocycles. The summed E-state index contributed by atoms with van der Waals surface area (Å²) in [5, 5.41) is 1.64. The van der Waals surface area contributed by atoms with E-state index in [1.807, 2.05) is 41.0 Å². The third-order valence-corrected chi connectivity index (χ3v) is 8.84. The lowest BCUT2D eigenvalue weighted by Crippen LogP contribution is -2.27. The third kappa shape index (κ3) is 4.53. The van der Waals surface area contributed by atoms with Gasteiger partial charge in [0.2, 0.25) is 0 Å². The van der Waals surface area contributed by atoms with E-state index >= 15 is 0 Å². The van der Waals surface area contributed by atoms with Crippen molar-refractivity contribution in [2.24, 2.45) is 11.3 Å². The monoisotopic (exact) mass is 474 g/mol. The van der Waals surface area contributed by atoms with E-state index in [4.69, 9.17) is 4.98 Å². The first-order valence-electron chi connectivity index (χ1n) is 11.7. The van der Waals surface area contributed by atoms with E-state index in [9.17, 15) is 4.79 Å². The number of hydrogen-bond acceptors (Lipinski definition) is 4. The first kappa shape index (κ1) is 22.4. The van der Waals surface area contributed by atoms with Gasteiger partial charge in [-0.05, 0) is 60.3 Å². The van der Waals surface area contributed by atoms with Gasteiger partial charge in [-0.15, -0.1) is 11.3 Å². The predicted octanol–water partition coefficient (Wildman–Crippen LogP) is 6.93. The van der Waals surface area contributed by atoms with Crippen molar-refractivity contribution in [3.8, 4) is 5.69 Å². The highest BCUT2D eigenvalue weighted by molar-refractivity contribution is 7.99. The van der Waals surface area contributed by atoms with Crippen LogP contribution in [0.2, 0.25) is 0 Å². The van der Waals surface area contributed by atoms with Crippen LogP contribution in [0.4, 0.5) is 0 Å². The van der Waals surface area contributed by atoms with Gasteiger partial charge < -0.3 is 0 Å². The summed E-state index contributed by atoms with van der Waals surface area (Å²) in [5.41, 5.74) is 3.81. The van der Waals surface area contributed by atoms with Gasteiger partial charge in [-0.3, -0.25) is 9.36 Å². The fourth-order valence-corrected chi connectivity index (χ4v) is 7.09. The molecule has 170 valence electrons. The second-order valence-electron chi connectivity index (χ2n) is 9.94. The largest absolute Gasteiger partial charge is 0.268 e. The maximum Gasteiger partial charge on any atom is 0.267 e. The van der Waals surface area contributed by atoms with Gasteiger partial charge in [-0.1, -0.05) is 81.1 Å². The number of rotatable bonds is 5. The lowest BCUT2D eigenvalue weighted by molar-refractivity contribution is 0.218. The Kier molecular flexibility index (Phi) is 6.19. The van der Waals surface area contributed by atoms with Crippen LogP contribution in [-0.4, -0.2) is 15.3 Å². The van der Waals surface area contributed by atoms with Gasteiger partial charge in [0.05, 0.1) is 11.1 Å². The molecule has 0 saturated heterocycles. The minimum atomic E-state index is 0.0834. The first-order valence-corrected chi connectivity index (χ1v) is 13.5. The fraction of sp³-hybridized carbons (Fsp3) is 0.357. The summed E-state index contributed by atoms with van der Waals surface area (Å²) in [5.74, 6) is 1.53. The summed E-state index contributed by atoms with van der Waals surface area (Å²) in [7, 11) is 0. The third-order valence-electron chi connectivity index (χ3n) is 6.76. The van der Waals surface area contributed by atoms with E-state index in [-0.39, 0.29) is 11.0 Å². The molecule has 3 nitrogen and oxygen atoms in total. The van der Waals surface area contributed by atoms with Crippen LogP contribution < -0.4 is 5.56 Å². The number of aryl methyl sites for hydroxylation is 2. The van der Waals surface area contributed by atoms with Crippen molar-refractivity contribution in [1.82, 2.24) is 9.55 Å². The molecule has 0 bridgehead atoms. The van der Waals surface area contributed by atoms with Crippen LogP contribution in [0, 0.1) is 11.3 Å². The molecule has 2 heterocycles. The summed E-state index contributed by atoms with van der Waals surface area (Å²) >= 11 is 3.42. The van der Waals surface area contributed by atoms with Crippen molar-refractivity contribution in [2.45, 2.75) is 51.6 Å². The smallest absolute Gasteiger partial charge is 0.267 e. The molecule has 1 atom stereocenters. The van der Waals surface area contributed by atoms with Crippen molar-refractivity contribution in [2.75, 3.05) is 5.75 Å². The Morgan fingerprint density at radius 1 is 1.06 bits per heavy atom. The number of thiophene rings is 1. The molecular formula is C28H30N2OS2. The van der Waals surface area contributed by atoms with Gasteiger partial charge in [0.1, 0.15) is 4.83 Å². The molecule has 1 unspecified atom stereocenters. The van der Waals surface area contributed by atoms with E-state index in [0.29, 0.717) is 5.92 Å². The van der Waals surface area contributed by atoms with Crippen molar-refractivity contribution >= 4 is 33.3 Å². The lowest BCUT2D eigenvalue weighted by atomic mass is 9.72. The van der Waals surface area contributed by atoms with E-state index in [2.05, 4.69) is 45.0 Å².